The molecule has 2 aromatic carbocycles. The number of hydrogen-bond donors (Lipinski definition) is 3. The minimum atomic E-state index is -2.31. The van der Waals surface area contributed by atoms with Crippen LogP contribution in [0.5, 0.6) is 5.75 Å². The van der Waals surface area contributed by atoms with Crippen molar-refractivity contribution in [2.75, 3.05) is 0 Å². The van der Waals surface area contributed by atoms with Gasteiger partial charge in [0.1, 0.15) is 11.5 Å². The second kappa shape index (κ2) is 8.56. The molecule has 3 N–H and O–H groups in total. The molecule has 3 unspecified atom stereocenters. The molecule has 0 saturated heterocycles. The highest BCUT2D eigenvalue weighted by molar-refractivity contribution is 6.25. The summed E-state index contributed by atoms with van der Waals surface area (Å²) in [7, 11) is 0. The third-order valence-corrected chi connectivity index (χ3v) is 8.20. The van der Waals surface area contributed by atoms with Gasteiger partial charge in [-0.15, -0.1) is 0 Å². The number of carbonyl (C=O) groups excluding carboxylic acids is 3. The maximum absolute atomic E-state index is 13.7. The number of phenols is 1. The van der Waals surface area contributed by atoms with E-state index < -0.39 is 40.5 Å². The van der Waals surface area contributed by atoms with Crippen molar-refractivity contribution >= 4 is 17.3 Å². The first-order valence-corrected chi connectivity index (χ1v) is 12.4. The van der Waals surface area contributed by atoms with Crippen LogP contribution >= 0.6 is 0 Å². The van der Waals surface area contributed by atoms with Crippen LogP contribution in [0.15, 0.2) is 58.9 Å². The Balaban J connectivity index is 1.55. The van der Waals surface area contributed by atoms with E-state index in [9.17, 15) is 29.7 Å². The number of aromatic hydroxyl groups is 1. The van der Waals surface area contributed by atoms with Gasteiger partial charge in [0, 0.05) is 11.5 Å². The fourth-order valence-electron chi connectivity index (χ4n) is 6.36. The van der Waals surface area contributed by atoms with Crippen LogP contribution < -0.4 is 0 Å². The number of aryl methyl sites for hydroxylation is 3. The zero-order chi connectivity index (χ0) is 25.9. The molecule has 186 valence electrons. The maximum Gasteiger partial charge on any atom is 0.205 e. The van der Waals surface area contributed by atoms with E-state index >= 15 is 0 Å². The fourth-order valence-corrected chi connectivity index (χ4v) is 6.36. The lowest BCUT2D eigenvalue weighted by Gasteiger charge is -2.46. The lowest BCUT2D eigenvalue weighted by molar-refractivity contribution is -0.143. The normalized spacial score (nSPS) is 25.4. The average molecular weight is 487 g/mol. The largest absolute Gasteiger partial charge is 0.508 e. The van der Waals surface area contributed by atoms with Gasteiger partial charge in [-0.05, 0) is 81.5 Å². The zero-order valence-electron chi connectivity index (χ0n) is 20.7. The molecule has 6 nitrogen and oxygen atoms in total. The number of rotatable bonds is 4. The number of phenolic OH excluding ortho intramolecular Hbond substituents is 1. The lowest BCUT2D eigenvalue weighted by Crippen LogP contribution is -2.56. The van der Waals surface area contributed by atoms with Crippen molar-refractivity contribution < 1.29 is 29.7 Å². The summed E-state index contributed by atoms with van der Waals surface area (Å²) in [6.07, 6.45) is 2.49. The number of ketones is 3. The minimum Gasteiger partial charge on any atom is -0.508 e. The molecule has 0 saturated carbocycles. The number of hydrogen-bond acceptors (Lipinski definition) is 6. The molecule has 0 fully saturated rings. The molecule has 0 heterocycles. The molecule has 0 aromatic heterocycles. The maximum atomic E-state index is 13.7. The summed E-state index contributed by atoms with van der Waals surface area (Å²) in [5.74, 6) is -3.76. The summed E-state index contributed by atoms with van der Waals surface area (Å²) in [6.45, 7) is 5.00. The second-order valence-electron chi connectivity index (χ2n) is 10.5. The van der Waals surface area contributed by atoms with Crippen molar-refractivity contribution in [3.05, 3.63) is 86.7 Å². The Kier molecular flexibility index (Phi) is 5.75. The molecule has 0 aliphatic heterocycles. The van der Waals surface area contributed by atoms with Crippen molar-refractivity contribution in [1.82, 2.24) is 0 Å². The van der Waals surface area contributed by atoms with Gasteiger partial charge in [0.2, 0.25) is 5.78 Å². The van der Waals surface area contributed by atoms with Crippen molar-refractivity contribution in [1.29, 1.82) is 0 Å². The molecule has 2 aromatic rings. The topological polar surface area (TPSA) is 112 Å². The summed E-state index contributed by atoms with van der Waals surface area (Å²) in [6, 6.07) is 11.6. The van der Waals surface area contributed by atoms with Crippen molar-refractivity contribution in [3.63, 3.8) is 0 Å². The third-order valence-electron chi connectivity index (χ3n) is 8.20. The summed E-state index contributed by atoms with van der Waals surface area (Å²) in [5.41, 5.74) is 2.36. The lowest BCUT2D eigenvalue weighted by atomic mass is 9.59. The minimum absolute atomic E-state index is 0.0250. The van der Waals surface area contributed by atoms with Crippen LogP contribution in [0.3, 0.4) is 0 Å². The number of benzene rings is 2. The number of allylic oxidation sites excluding steroid dienone is 2. The van der Waals surface area contributed by atoms with E-state index in [2.05, 4.69) is 24.3 Å². The first kappa shape index (κ1) is 24.2. The van der Waals surface area contributed by atoms with Crippen molar-refractivity contribution in [2.45, 2.75) is 58.5 Å². The molecule has 5 rings (SSSR count). The Morgan fingerprint density at radius 3 is 2.36 bits per heavy atom. The first-order chi connectivity index (χ1) is 17.0. The summed E-state index contributed by atoms with van der Waals surface area (Å²) >= 11 is 0. The smallest absolute Gasteiger partial charge is 0.205 e. The monoisotopic (exact) mass is 486 g/mol. The second-order valence-corrected chi connectivity index (χ2v) is 10.5. The molecule has 0 spiro atoms. The Morgan fingerprint density at radius 1 is 1.00 bits per heavy atom. The number of aliphatic hydroxyl groups excluding tert-OH is 1. The fraction of sp³-hybridized carbons (Fsp3) is 0.367. The third kappa shape index (κ3) is 3.54. The number of carbonyl (C=O) groups is 3. The number of fused-ring (bicyclic) bond motifs is 3. The highest BCUT2D eigenvalue weighted by atomic mass is 16.3. The van der Waals surface area contributed by atoms with Crippen LogP contribution in [-0.2, 0) is 28.9 Å². The van der Waals surface area contributed by atoms with Crippen LogP contribution in [0.1, 0.15) is 59.3 Å². The van der Waals surface area contributed by atoms with E-state index in [-0.39, 0.29) is 28.9 Å². The molecule has 3 atom stereocenters. The average Bonchev–Trinajstić information content (AvgIpc) is 2.81. The molecule has 0 bridgehead atoms. The Bertz CT molecular complexity index is 1380. The highest BCUT2D eigenvalue weighted by Gasteiger charge is 2.58. The van der Waals surface area contributed by atoms with E-state index in [0.29, 0.717) is 24.8 Å². The molecule has 3 aliphatic carbocycles. The Labute approximate surface area is 210 Å². The van der Waals surface area contributed by atoms with E-state index in [1.807, 2.05) is 13.0 Å². The van der Waals surface area contributed by atoms with Gasteiger partial charge >= 0.3 is 0 Å². The standard InChI is InChI=1S/C30H30O6/c1-15-4-6-18(7-5-15)8-9-19-10-11-23(32)26-22(19)14-20-13-21-12-16(2)24(17(3)31)28(34)30(21,36)29(35)25(20)27(26)33/h4-7,10-11,20-21,32,35-36H,8-9,12-14H2,1-3H3. The summed E-state index contributed by atoms with van der Waals surface area (Å²) in [5, 5.41) is 33.3. The van der Waals surface area contributed by atoms with Crippen molar-refractivity contribution in [3.8, 4) is 5.75 Å². The number of Topliss-reactive ketones (excluding diaryl/α,β-unsaturated/α-hetero) is 3. The first-order valence-electron chi connectivity index (χ1n) is 12.4. The Morgan fingerprint density at radius 2 is 1.69 bits per heavy atom. The quantitative estimate of drug-likeness (QED) is 0.556. The van der Waals surface area contributed by atoms with E-state index in [1.54, 1.807) is 6.92 Å². The van der Waals surface area contributed by atoms with Gasteiger partial charge in [-0.3, -0.25) is 14.4 Å². The molecule has 3 aliphatic rings. The van der Waals surface area contributed by atoms with Gasteiger partial charge in [0.15, 0.2) is 17.2 Å². The Hall–Kier alpha value is -3.51. The number of aliphatic hydroxyl groups is 2. The molecular formula is C30H30O6. The van der Waals surface area contributed by atoms with Crippen molar-refractivity contribution in [2.24, 2.45) is 11.8 Å². The van der Waals surface area contributed by atoms with Gasteiger partial charge in [-0.2, -0.15) is 0 Å². The van der Waals surface area contributed by atoms with Gasteiger partial charge < -0.3 is 15.3 Å². The van der Waals surface area contributed by atoms with Crippen LogP contribution in [0, 0.1) is 18.8 Å². The molecule has 0 radical (unpaired) electrons. The predicted molar refractivity (Wildman–Crippen MR) is 134 cm³/mol. The van der Waals surface area contributed by atoms with E-state index in [1.165, 1.54) is 24.1 Å². The van der Waals surface area contributed by atoms with E-state index in [4.69, 9.17) is 0 Å². The van der Waals surface area contributed by atoms with Gasteiger partial charge in [0.05, 0.1) is 11.1 Å². The molecule has 0 amide bonds. The molecule has 36 heavy (non-hydrogen) atoms. The van der Waals surface area contributed by atoms with Crippen LogP contribution in [0.2, 0.25) is 0 Å². The van der Waals surface area contributed by atoms with Crippen LogP contribution in [0.25, 0.3) is 0 Å². The SMILES string of the molecule is CC(=O)C1=C(C)CC2CC3Cc4c(CCc5ccc(C)cc5)ccc(O)c4C(=O)C3=C(O)C2(O)C1=O. The molecule has 6 heteroatoms. The highest BCUT2D eigenvalue weighted by Crippen LogP contribution is 2.52. The van der Waals surface area contributed by atoms with E-state index in [0.717, 1.165) is 17.5 Å². The summed E-state index contributed by atoms with van der Waals surface area (Å²) < 4.78 is 0. The zero-order valence-corrected chi connectivity index (χ0v) is 20.7. The predicted octanol–water partition coefficient (Wildman–Crippen LogP) is 4.28. The van der Waals surface area contributed by atoms with Gasteiger partial charge in [-0.25, -0.2) is 0 Å². The molecular weight excluding hydrogens is 456 g/mol. The van der Waals surface area contributed by atoms with Crippen LogP contribution in [0.4, 0.5) is 0 Å². The summed E-state index contributed by atoms with van der Waals surface area (Å²) in [4.78, 5) is 39.0. The van der Waals surface area contributed by atoms with Crippen LogP contribution in [-0.4, -0.2) is 38.3 Å². The van der Waals surface area contributed by atoms with Gasteiger partial charge in [0.25, 0.3) is 0 Å². The van der Waals surface area contributed by atoms with Gasteiger partial charge in [-0.1, -0.05) is 41.5 Å².